The minimum atomic E-state index is -0.244. The Hall–Kier alpha value is -3.00. The topological polar surface area (TPSA) is 59.3 Å². The van der Waals surface area contributed by atoms with Crippen molar-refractivity contribution in [2.24, 2.45) is 0 Å². The molecule has 3 aromatic rings. The van der Waals surface area contributed by atoms with Gasteiger partial charge in [0.1, 0.15) is 11.6 Å². The van der Waals surface area contributed by atoms with E-state index in [1.165, 1.54) is 11.6 Å². The SMILES string of the molecule is COc1ccc(F)cc1CN1CCN(c2nnnn2-c2ccc(C)cc2)CC1. The van der Waals surface area contributed by atoms with Gasteiger partial charge >= 0.3 is 0 Å². The van der Waals surface area contributed by atoms with Gasteiger partial charge in [-0.3, -0.25) is 4.90 Å². The van der Waals surface area contributed by atoms with Crippen molar-refractivity contribution in [3.63, 3.8) is 0 Å². The van der Waals surface area contributed by atoms with Crippen LogP contribution in [0.15, 0.2) is 42.5 Å². The molecule has 0 unspecified atom stereocenters. The van der Waals surface area contributed by atoms with Gasteiger partial charge in [0.2, 0.25) is 5.95 Å². The lowest BCUT2D eigenvalue weighted by Crippen LogP contribution is -2.46. The zero-order chi connectivity index (χ0) is 19.5. The Bertz CT molecular complexity index is 934. The normalized spacial score (nSPS) is 15.0. The highest BCUT2D eigenvalue weighted by Gasteiger charge is 2.23. The smallest absolute Gasteiger partial charge is 0.250 e. The maximum absolute atomic E-state index is 13.6. The second kappa shape index (κ2) is 7.93. The number of anilines is 1. The Morgan fingerprint density at radius 2 is 1.79 bits per heavy atom. The predicted molar refractivity (Wildman–Crippen MR) is 104 cm³/mol. The average Bonchev–Trinajstić information content (AvgIpc) is 3.19. The van der Waals surface area contributed by atoms with Crippen molar-refractivity contribution in [3.8, 4) is 11.4 Å². The maximum atomic E-state index is 13.6. The van der Waals surface area contributed by atoms with Crippen molar-refractivity contribution in [3.05, 3.63) is 59.4 Å². The zero-order valence-electron chi connectivity index (χ0n) is 16.0. The van der Waals surface area contributed by atoms with Crippen molar-refractivity contribution in [1.82, 2.24) is 25.1 Å². The maximum Gasteiger partial charge on any atom is 0.250 e. The number of hydrogen-bond acceptors (Lipinski definition) is 6. The van der Waals surface area contributed by atoms with Crippen molar-refractivity contribution >= 4 is 5.95 Å². The number of aryl methyl sites for hydroxylation is 1. The third-order valence-electron chi connectivity index (χ3n) is 5.02. The molecule has 7 nitrogen and oxygen atoms in total. The highest BCUT2D eigenvalue weighted by molar-refractivity contribution is 5.42. The van der Waals surface area contributed by atoms with Gasteiger partial charge in [0.25, 0.3) is 0 Å². The minimum absolute atomic E-state index is 0.244. The molecule has 28 heavy (non-hydrogen) atoms. The van der Waals surface area contributed by atoms with E-state index in [-0.39, 0.29) is 5.82 Å². The highest BCUT2D eigenvalue weighted by atomic mass is 19.1. The Morgan fingerprint density at radius 3 is 2.50 bits per heavy atom. The van der Waals surface area contributed by atoms with Crippen LogP contribution < -0.4 is 9.64 Å². The average molecular weight is 382 g/mol. The minimum Gasteiger partial charge on any atom is -0.496 e. The largest absolute Gasteiger partial charge is 0.496 e. The summed E-state index contributed by atoms with van der Waals surface area (Å²) >= 11 is 0. The van der Waals surface area contributed by atoms with Gasteiger partial charge in [-0.15, -0.1) is 0 Å². The molecular weight excluding hydrogens is 359 g/mol. The number of rotatable bonds is 5. The molecule has 1 aliphatic heterocycles. The third kappa shape index (κ3) is 3.82. The first kappa shape index (κ1) is 18.4. The van der Waals surface area contributed by atoms with Crippen LogP contribution in [0.2, 0.25) is 0 Å². The predicted octanol–water partition coefficient (Wildman–Crippen LogP) is 2.44. The Labute approximate surface area is 163 Å². The summed E-state index contributed by atoms with van der Waals surface area (Å²) in [6.07, 6.45) is 0. The number of aromatic nitrogens is 4. The molecule has 0 atom stereocenters. The van der Waals surface area contributed by atoms with E-state index in [0.29, 0.717) is 12.3 Å². The third-order valence-corrected chi connectivity index (χ3v) is 5.02. The van der Waals surface area contributed by atoms with Gasteiger partial charge in [0.05, 0.1) is 12.8 Å². The Morgan fingerprint density at radius 1 is 1.04 bits per heavy atom. The van der Waals surface area contributed by atoms with Crippen molar-refractivity contribution in [2.45, 2.75) is 13.5 Å². The van der Waals surface area contributed by atoms with E-state index in [1.54, 1.807) is 23.9 Å². The fraction of sp³-hybridized carbons (Fsp3) is 0.350. The van der Waals surface area contributed by atoms with Crippen molar-refractivity contribution in [1.29, 1.82) is 0 Å². The summed E-state index contributed by atoms with van der Waals surface area (Å²) in [6.45, 7) is 5.96. The van der Waals surface area contributed by atoms with Gasteiger partial charge in [0.15, 0.2) is 0 Å². The summed E-state index contributed by atoms with van der Waals surface area (Å²) in [4.78, 5) is 4.47. The summed E-state index contributed by atoms with van der Waals surface area (Å²) in [6, 6.07) is 12.8. The van der Waals surface area contributed by atoms with Gasteiger partial charge < -0.3 is 9.64 Å². The highest BCUT2D eigenvalue weighted by Crippen LogP contribution is 2.23. The molecule has 1 fully saturated rings. The Kier molecular flexibility index (Phi) is 5.21. The first-order chi connectivity index (χ1) is 13.6. The fourth-order valence-electron chi connectivity index (χ4n) is 3.45. The molecule has 4 rings (SSSR count). The first-order valence-corrected chi connectivity index (χ1v) is 9.29. The molecule has 1 aliphatic rings. The van der Waals surface area contributed by atoms with E-state index in [9.17, 15) is 4.39 Å². The van der Waals surface area contributed by atoms with Crippen LogP contribution in [0.1, 0.15) is 11.1 Å². The molecule has 0 amide bonds. The number of benzene rings is 2. The van der Waals surface area contributed by atoms with Crippen molar-refractivity contribution in [2.75, 3.05) is 38.2 Å². The number of halogens is 1. The van der Waals surface area contributed by atoms with E-state index in [2.05, 4.69) is 32.2 Å². The molecule has 0 saturated carbocycles. The second-order valence-electron chi connectivity index (χ2n) is 6.95. The monoisotopic (exact) mass is 382 g/mol. The van der Waals surface area contributed by atoms with Gasteiger partial charge in [0, 0.05) is 38.3 Å². The quantitative estimate of drug-likeness (QED) is 0.676. The summed E-state index contributed by atoms with van der Waals surface area (Å²) in [7, 11) is 1.61. The number of piperazine rings is 1. The fourth-order valence-corrected chi connectivity index (χ4v) is 3.45. The number of ether oxygens (including phenoxy) is 1. The van der Waals surface area contributed by atoms with Gasteiger partial charge in [-0.2, -0.15) is 4.68 Å². The summed E-state index contributed by atoms with van der Waals surface area (Å²) in [5.74, 6) is 1.21. The van der Waals surface area contributed by atoms with Crippen LogP contribution in [0.25, 0.3) is 5.69 Å². The summed E-state index contributed by atoms with van der Waals surface area (Å²) in [5.41, 5.74) is 3.00. The molecule has 1 aromatic heterocycles. The summed E-state index contributed by atoms with van der Waals surface area (Å²) < 4.78 is 20.7. The van der Waals surface area contributed by atoms with E-state index in [0.717, 1.165) is 43.4 Å². The standard InChI is InChI=1S/C20H23FN6O/c1-15-3-6-18(7-4-15)27-20(22-23-24-27)26-11-9-25(10-12-26)14-16-13-17(21)5-8-19(16)28-2/h3-8,13H,9-12,14H2,1-2H3. The molecule has 0 N–H and O–H groups in total. The molecule has 8 heteroatoms. The lowest BCUT2D eigenvalue weighted by atomic mass is 10.1. The van der Waals surface area contributed by atoms with E-state index in [4.69, 9.17) is 4.74 Å². The van der Waals surface area contributed by atoms with Gasteiger partial charge in [-0.1, -0.05) is 22.8 Å². The number of tetrazole rings is 1. The van der Waals surface area contributed by atoms with Crippen LogP contribution in [-0.2, 0) is 6.54 Å². The molecular formula is C20H23FN6O. The second-order valence-corrected chi connectivity index (χ2v) is 6.95. The summed E-state index contributed by atoms with van der Waals surface area (Å²) in [5, 5.41) is 12.2. The number of nitrogens with zero attached hydrogens (tertiary/aromatic N) is 6. The zero-order valence-corrected chi connectivity index (χ0v) is 16.0. The molecule has 146 valence electrons. The van der Waals surface area contributed by atoms with Crippen LogP contribution in [0.5, 0.6) is 5.75 Å². The van der Waals surface area contributed by atoms with Crippen LogP contribution in [0.3, 0.4) is 0 Å². The Balaban J connectivity index is 1.44. The van der Waals surface area contributed by atoms with Crippen LogP contribution in [0.4, 0.5) is 10.3 Å². The van der Waals surface area contributed by atoms with Gasteiger partial charge in [-0.25, -0.2) is 4.39 Å². The molecule has 2 heterocycles. The molecule has 0 bridgehead atoms. The van der Waals surface area contributed by atoms with Crippen molar-refractivity contribution < 1.29 is 9.13 Å². The molecule has 2 aromatic carbocycles. The van der Waals surface area contributed by atoms with Crippen LogP contribution in [0, 0.1) is 12.7 Å². The van der Waals surface area contributed by atoms with Crippen LogP contribution >= 0.6 is 0 Å². The molecule has 0 radical (unpaired) electrons. The molecule has 0 spiro atoms. The molecule has 0 aliphatic carbocycles. The van der Waals surface area contributed by atoms with Gasteiger partial charge in [-0.05, 0) is 47.7 Å². The van der Waals surface area contributed by atoms with E-state index in [1.807, 2.05) is 24.3 Å². The first-order valence-electron chi connectivity index (χ1n) is 9.29. The number of methoxy groups -OCH3 is 1. The van der Waals surface area contributed by atoms with E-state index >= 15 is 0 Å². The van der Waals surface area contributed by atoms with Crippen LogP contribution in [-0.4, -0.2) is 58.4 Å². The number of hydrogen-bond donors (Lipinski definition) is 0. The van der Waals surface area contributed by atoms with E-state index < -0.39 is 0 Å². The lowest BCUT2D eigenvalue weighted by molar-refractivity contribution is 0.244. The lowest BCUT2D eigenvalue weighted by Gasteiger charge is -2.35. The molecule has 1 saturated heterocycles.